The van der Waals surface area contributed by atoms with Gasteiger partial charge in [-0.2, -0.15) is 5.10 Å². The Hall–Kier alpha value is -2.10. The Balaban J connectivity index is 1.97. The predicted octanol–water partition coefficient (Wildman–Crippen LogP) is 6.50. The minimum Gasteiger partial charge on any atom is -0.350 e. The number of hydrazone groups is 1. The number of nitrogens with one attached hydrogen (secondary N) is 1. The highest BCUT2D eigenvalue weighted by Gasteiger charge is 2.31. The number of unbranched alkanes of at least 4 members (excludes halogenated alkanes) is 2. The second-order valence-electron chi connectivity index (χ2n) is 10.3. The molecule has 0 aromatic heterocycles. The molecule has 1 aliphatic heterocycles. The molecule has 1 aromatic carbocycles. The Kier molecular flexibility index (Phi) is 9.80. The number of carbonyl (C=O) groups is 1. The summed E-state index contributed by atoms with van der Waals surface area (Å²) in [6, 6.07) is 10.6. The van der Waals surface area contributed by atoms with Gasteiger partial charge in [0.2, 0.25) is 0 Å². The summed E-state index contributed by atoms with van der Waals surface area (Å²) in [6.45, 7) is 16.8. The van der Waals surface area contributed by atoms with Crippen molar-refractivity contribution in [3.63, 3.8) is 0 Å². The lowest BCUT2D eigenvalue weighted by Crippen LogP contribution is -2.34. The molecule has 4 heteroatoms. The molecule has 1 N–H and O–H groups in total. The zero-order valence-electron chi connectivity index (χ0n) is 20.4. The van der Waals surface area contributed by atoms with Crippen LogP contribution in [-0.4, -0.2) is 29.7 Å². The van der Waals surface area contributed by atoms with Crippen LogP contribution < -0.4 is 5.32 Å². The quantitative estimate of drug-likeness (QED) is 0.307. The Morgan fingerprint density at radius 1 is 1.23 bits per heavy atom. The summed E-state index contributed by atoms with van der Waals surface area (Å²) in [5, 5.41) is 10.0. The fraction of sp³-hybridized carbons (Fsp3) is 0.630. The average molecular weight is 426 g/mol. The first-order chi connectivity index (χ1) is 14.7. The number of benzene rings is 1. The van der Waals surface area contributed by atoms with Crippen LogP contribution in [0.2, 0.25) is 0 Å². The van der Waals surface area contributed by atoms with Crippen molar-refractivity contribution in [1.29, 1.82) is 0 Å². The van der Waals surface area contributed by atoms with Crippen LogP contribution in [0.3, 0.4) is 0 Å². The first-order valence-corrected chi connectivity index (χ1v) is 12.0. The molecule has 172 valence electrons. The highest BCUT2D eigenvalue weighted by molar-refractivity contribution is 6.39. The highest BCUT2D eigenvalue weighted by atomic mass is 16.2. The van der Waals surface area contributed by atoms with E-state index in [1.165, 1.54) is 24.8 Å². The van der Waals surface area contributed by atoms with Crippen molar-refractivity contribution in [2.45, 2.75) is 85.6 Å². The van der Waals surface area contributed by atoms with E-state index < -0.39 is 0 Å². The second-order valence-corrected chi connectivity index (χ2v) is 10.3. The summed E-state index contributed by atoms with van der Waals surface area (Å²) in [5.41, 5.74) is 3.37. The molecule has 2 atom stereocenters. The molecule has 31 heavy (non-hydrogen) atoms. The number of hydrogen-bond donors (Lipinski definition) is 1. The third-order valence-electron chi connectivity index (χ3n) is 6.12. The van der Waals surface area contributed by atoms with Crippen LogP contribution in [0.25, 0.3) is 0 Å². The minimum atomic E-state index is -0.0269. The molecule has 0 spiro atoms. The third kappa shape index (κ3) is 8.51. The van der Waals surface area contributed by atoms with E-state index in [-0.39, 0.29) is 11.9 Å². The molecular weight excluding hydrogens is 382 g/mol. The van der Waals surface area contributed by atoms with E-state index in [2.05, 4.69) is 75.8 Å². The largest absolute Gasteiger partial charge is 0.350 e. The summed E-state index contributed by atoms with van der Waals surface area (Å²) < 4.78 is 0. The normalized spacial score (nSPS) is 17.4. The Morgan fingerprint density at radius 3 is 2.55 bits per heavy atom. The van der Waals surface area contributed by atoms with Crippen molar-refractivity contribution in [2.75, 3.05) is 13.1 Å². The second kappa shape index (κ2) is 12.1. The first kappa shape index (κ1) is 25.2. The van der Waals surface area contributed by atoms with Gasteiger partial charge in [-0.05, 0) is 43.1 Å². The van der Waals surface area contributed by atoms with Crippen LogP contribution in [0.15, 0.2) is 47.6 Å². The number of amides is 1. The summed E-state index contributed by atoms with van der Waals surface area (Å²) in [4.78, 5) is 13.0. The molecule has 1 unspecified atom stereocenters. The molecule has 2 rings (SSSR count). The fourth-order valence-electron chi connectivity index (χ4n) is 4.11. The van der Waals surface area contributed by atoms with Gasteiger partial charge in [-0.25, -0.2) is 0 Å². The predicted molar refractivity (Wildman–Crippen MR) is 132 cm³/mol. The Labute approximate surface area is 190 Å². The number of rotatable bonds is 12. The van der Waals surface area contributed by atoms with Crippen LogP contribution in [0, 0.1) is 11.3 Å². The van der Waals surface area contributed by atoms with Crippen LogP contribution in [0.5, 0.6) is 0 Å². The smallest absolute Gasteiger partial charge is 0.267 e. The van der Waals surface area contributed by atoms with Gasteiger partial charge >= 0.3 is 0 Å². The first-order valence-electron chi connectivity index (χ1n) is 12.0. The molecule has 1 amide bonds. The van der Waals surface area contributed by atoms with Crippen LogP contribution in [0.4, 0.5) is 0 Å². The zero-order valence-corrected chi connectivity index (χ0v) is 20.4. The van der Waals surface area contributed by atoms with Gasteiger partial charge in [0.05, 0.1) is 6.04 Å². The molecule has 0 saturated carbocycles. The fourth-order valence-corrected chi connectivity index (χ4v) is 4.11. The van der Waals surface area contributed by atoms with Gasteiger partial charge in [-0.15, -0.1) is 0 Å². The number of carbonyl (C=O) groups excluding carboxylic acids is 1. The van der Waals surface area contributed by atoms with Crippen molar-refractivity contribution >= 4 is 11.6 Å². The van der Waals surface area contributed by atoms with Crippen molar-refractivity contribution in [3.8, 4) is 0 Å². The van der Waals surface area contributed by atoms with Crippen molar-refractivity contribution < 1.29 is 4.79 Å². The van der Waals surface area contributed by atoms with Crippen LogP contribution in [-0.2, 0) is 4.79 Å². The van der Waals surface area contributed by atoms with Crippen LogP contribution >= 0.6 is 0 Å². The number of hydrogen-bond acceptors (Lipinski definition) is 3. The Bertz CT molecular complexity index is 733. The maximum absolute atomic E-state index is 13.0. The highest BCUT2D eigenvalue weighted by Crippen LogP contribution is 2.31. The van der Waals surface area contributed by atoms with Crippen molar-refractivity contribution in [3.05, 3.63) is 48.0 Å². The maximum atomic E-state index is 13.0. The van der Waals surface area contributed by atoms with Gasteiger partial charge in [-0.1, -0.05) is 89.4 Å². The van der Waals surface area contributed by atoms with E-state index in [1.54, 1.807) is 0 Å². The summed E-state index contributed by atoms with van der Waals surface area (Å²) in [7, 11) is 0. The third-order valence-corrected chi connectivity index (χ3v) is 6.12. The lowest BCUT2D eigenvalue weighted by molar-refractivity contribution is -0.115. The summed E-state index contributed by atoms with van der Waals surface area (Å²) in [5.74, 6) is 0.292. The van der Waals surface area contributed by atoms with E-state index >= 15 is 0 Å². The lowest BCUT2D eigenvalue weighted by atomic mass is 9.86. The molecule has 0 aliphatic carbocycles. The van der Waals surface area contributed by atoms with Gasteiger partial charge in [0, 0.05) is 19.5 Å². The van der Waals surface area contributed by atoms with E-state index in [4.69, 9.17) is 5.10 Å². The molecule has 0 bridgehead atoms. The van der Waals surface area contributed by atoms with E-state index in [0.29, 0.717) is 30.0 Å². The van der Waals surface area contributed by atoms with E-state index in [1.807, 2.05) is 6.07 Å². The summed E-state index contributed by atoms with van der Waals surface area (Å²) in [6.07, 6.45) is 7.53. The standard InChI is InChI=1S/C27H43N3O/c1-7-8-12-18-30-25(22-14-10-9-11-15-22)19-24(29-30)26(31)28-20-23(21(2)3)16-13-17-27(4,5)6/h9-11,14-15,23,25H,2,7-8,12-13,16-20H2,1,3-6H3,(H,28,31)/t23-,25?/m0/s1. The zero-order chi connectivity index (χ0) is 22.9. The van der Waals surface area contributed by atoms with Crippen molar-refractivity contribution in [1.82, 2.24) is 10.3 Å². The van der Waals surface area contributed by atoms with Gasteiger partial charge in [-0.3, -0.25) is 9.80 Å². The van der Waals surface area contributed by atoms with Gasteiger partial charge in [0.25, 0.3) is 5.91 Å². The molecule has 0 saturated heterocycles. The molecule has 1 heterocycles. The lowest BCUT2D eigenvalue weighted by Gasteiger charge is -2.23. The van der Waals surface area contributed by atoms with Crippen molar-refractivity contribution in [2.24, 2.45) is 16.4 Å². The molecule has 1 aliphatic rings. The SMILES string of the molecule is C=C(C)[C@@H](CCCC(C)(C)C)CNC(=O)C1=NN(CCCCC)C(c2ccccc2)C1. The van der Waals surface area contributed by atoms with Gasteiger partial charge < -0.3 is 5.32 Å². The number of nitrogens with zero attached hydrogens (tertiary/aromatic N) is 2. The molecule has 0 fully saturated rings. The van der Waals surface area contributed by atoms with Gasteiger partial charge in [0.1, 0.15) is 5.71 Å². The monoisotopic (exact) mass is 425 g/mol. The van der Waals surface area contributed by atoms with E-state index in [0.717, 1.165) is 31.4 Å². The summed E-state index contributed by atoms with van der Waals surface area (Å²) >= 11 is 0. The molecular formula is C27H43N3O. The van der Waals surface area contributed by atoms with Gasteiger partial charge in [0.15, 0.2) is 0 Å². The maximum Gasteiger partial charge on any atom is 0.267 e. The van der Waals surface area contributed by atoms with E-state index in [9.17, 15) is 4.79 Å². The molecule has 1 aromatic rings. The molecule has 4 nitrogen and oxygen atoms in total. The topological polar surface area (TPSA) is 44.7 Å². The minimum absolute atomic E-state index is 0.0269. The average Bonchev–Trinajstić information content (AvgIpc) is 3.14. The Morgan fingerprint density at radius 2 is 1.94 bits per heavy atom. The molecule has 0 radical (unpaired) electrons. The van der Waals surface area contributed by atoms with Crippen LogP contribution in [0.1, 0.15) is 91.2 Å².